The zero-order valence-corrected chi connectivity index (χ0v) is 24.9. The van der Waals surface area contributed by atoms with Crippen LogP contribution in [0.25, 0.3) is 0 Å². The molecule has 2 fully saturated rings. The maximum atomic E-state index is 12.3. The molecule has 0 amide bonds. The third-order valence-corrected chi connectivity index (χ3v) is 5.74. The van der Waals surface area contributed by atoms with Crippen molar-refractivity contribution in [1.82, 2.24) is 4.90 Å². The van der Waals surface area contributed by atoms with Gasteiger partial charge in [0.2, 0.25) is 11.4 Å². The van der Waals surface area contributed by atoms with Crippen molar-refractivity contribution < 1.29 is 47.9 Å². The van der Waals surface area contributed by atoms with E-state index < -0.39 is 80.1 Å². The highest BCUT2D eigenvalue weighted by atomic mass is 35.6. The van der Waals surface area contributed by atoms with Gasteiger partial charge in [-0.25, -0.2) is 14.4 Å². The summed E-state index contributed by atoms with van der Waals surface area (Å²) in [6, 6.07) is -0.937. The van der Waals surface area contributed by atoms with Gasteiger partial charge in [-0.2, -0.15) is 0 Å². The fourth-order valence-electron chi connectivity index (χ4n) is 3.49. The van der Waals surface area contributed by atoms with E-state index in [0.717, 1.165) is 0 Å². The first-order valence-corrected chi connectivity index (χ1v) is 13.4. The standard InChI is InChI=1S/C17H18Cl9NO10/c18-15(19,20)4-32-12(29)35-7-1-2-27-3-8(36-13(30)33-5-16(21,22)23)10(28)11(9(7)27)37-14(31)34-6-17(24,25)26/h7-11,28H,1-6H2/t7-,8-,9+,10+,11+/m0/s1. The van der Waals surface area contributed by atoms with Crippen molar-refractivity contribution in [2.45, 2.75) is 48.3 Å². The minimum atomic E-state index is -1.95. The monoisotopic (exact) mass is 711 g/mol. The molecule has 1 N–H and O–H groups in total. The van der Waals surface area contributed by atoms with E-state index in [1.165, 1.54) is 0 Å². The van der Waals surface area contributed by atoms with Crippen molar-refractivity contribution in [1.29, 1.82) is 0 Å². The number of hydrogen-bond acceptors (Lipinski definition) is 11. The topological polar surface area (TPSA) is 130 Å². The highest BCUT2D eigenvalue weighted by Crippen LogP contribution is 2.35. The normalized spacial score (nSPS) is 26.6. The van der Waals surface area contributed by atoms with Crippen molar-refractivity contribution in [3.05, 3.63) is 0 Å². The van der Waals surface area contributed by atoms with Crippen LogP contribution in [0.15, 0.2) is 0 Å². The summed E-state index contributed by atoms with van der Waals surface area (Å²) >= 11 is 50.0. The van der Waals surface area contributed by atoms with E-state index >= 15 is 0 Å². The van der Waals surface area contributed by atoms with Gasteiger partial charge in [-0.05, 0) is 6.42 Å². The molecule has 2 aliphatic heterocycles. The Morgan fingerprint density at radius 1 is 0.703 bits per heavy atom. The molecule has 2 aliphatic rings. The molecule has 0 saturated carbocycles. The third-order valence-electron chi connectivity index (χ3n) is 4.76. The van der Waals surface area contributed by atoms with Crippen LogP contribution in [0.3, 0.4) is 0 Å². The van der Waals surface area contributed by atoms with E-state index in [2.05, 4.69) is 0 Å². The van der Waals surface area contributed by atoms with Crippen molar-refractivity contribution in [3.8, 4) is 0 Å². The molecule has 0 aromatic carbocycles. The summed E-state index contributed by atoms with van der Waals surface area (Å²) in [4.78, 5) is 38.1. The zero-order valence-electron chi connectivity index (χ0n) is 18.1. The number of carbonyl (C=O) groups is 3. The number of carbonyl (C=O) groups excluding carboxylic acids is 3. The average Bonchev–Trinajstić information content (AvgIpc) is 3.13. The molecule has 0 spiro atoms. The van der Waals surface area contributed by atoms with Crippen LogP contribution >= 0.6 is 104 Å². The summed E-state index contributed by atoms with van der Waals surface area (Å²) in [5.74, 6) is 0. The molecule has 20 heteroatoms. The van der Waals surface area contributed by atoms with Crippen LogP contribution in [0.2, 0.25) is 0 Å². The summed E-state index contributed by atoms with van der Waals surface area (Å²) in [6.07, 6.45) is -8.99. The molecular formula is C17H18Cl9NO10. The highest BCUT2D eigenvalue weighted by molar-refractivity contribution is 6.68. The van der Waals surface area contributed by atoms with Gasteiger partial charge in [-0.3, -0.25) is 4.90 Å². The molecule has 5 atom stereocenters. The molecular weight excluding hydrogens is 697 g/mol. The quantitative estimate of drug-likeness (QED) is 0.224. The first-order chi connectivity index (χ1) is 16.8. The molecule has 0 radical (unpaired) electrons. The molecule has 0 unspecified atom stereocenters. The second-order valence-electron chi connectivity index (χ2n) is 7.62. The van der Waals surface area contributed by atoms with Gasteiger partial charge in [0, 0.05) is 13.1 Å². The van der Waals surface area contributed by atoms with E-state index in [4.69, 9.17) is 133 Å². The summed E-state index contributed by atoms with van der Waals surface area (Å²) in [5, 5.41) is 10.9. The van der Waals surface area contributed by atoms with Gasteiger partial charge in [0.15, 0.2) is 6.10 Å². The Labute approximate surface area is 255 Å². The molecule has 37 heavy (non-hydrogen) atoms. The Bertz CT molecular complexity index is 789. The summed E-state index contributed by atoms with van der Waals surface area (Å²) < 4.78 is 24.1. The SMILES string of the molecule is O=C(OCC(Cl)(Cl)Cl)O[C@H]1[C@H](O)[C@@H](OC(=O)OCC(Cl)(Cl)Cl)CN2CC[C@H](OC(=O)OCC(Cl)(Cl)Cl)[C@H]12. The number of aliphatic hydroxyl groups is 1. The number of aliphatic hydroxyl groups excluding tert-OH is 1. The fraction of sp³-hybridized carbons (Fsp3) is 0.824. The second kappa shape index (κ2) is 13.8. The van der Waals surface area contributed by atoms with E-state index in [9.17, 15) is 19.5 Å². The van der Waals surface area contributed by atoms with Crippen LogP contribution in [-0.2, 0) is 28.4 Å². The Morgan fingerprint density at radius 2 is 1.11 bits per heavy atom. The number of nitrogens with zero attached hydrogens (tertiary/aromatic N) is 1. The predicted octanol–water partition coefficient (Wildman–Crippen LogP) is 5.11. The first kappa shape index (κ1) is 33.5. The van der Waals surface area contributed by atoms with Crippen LogP contribution in [0.1, 0.15) is 6.42 Å². The van der Waals surface area contributed by atoms with Gasteiger partial charge in [-0.15, -0.1) is 0 Å². The molecule has 2 heterocycles. The Hall–Kier alpha value is 0.340. The van der Waals surface area contributed by atoms with E-state index in [1.807, 2.05) is 0 Å². The molecule has 214 valence electrons. The molecule has 2 rings (SSSR count). The van der Waals surface area contributed by atoms with Gasteiger partial charge >= 0.3 is 18.5 Å². The van der Waals surface area contributed by atoms with Crippen molar-refractivity contribution >= 4 is 123 Å². The third kappa shape index (κ3) is 12.2. The van der Waals surface area contributed by atoms with Crippen molar-refractivity contribution in [3.63, 3.8) is 0 Å². The minimum absolute atomic E-state index is 0.0825. The van der Waals surface area contributed by atoms with E-state index in [0.29, 0.717) is 0 Å². The molecule has 0 aromatic rings. The maximum Gasteiger partial charge on any atom is 0.508 e. The summed E-state index contributed by atoms with van der Waals surface area (Å²) in [5.41, 5.74) is 0. The van der Waals surface area contributed by atoms with Gasteiger partial charge in [-0.1, -0.05) is 104 Å². The van der Waals surface area contributed by atoms with Gasteiger partial charge in [0.25, 0.3) is 0 Å². The van der Waals surface area contributed by atoms with E-state index in [-0.39, 0.29) is 19.5 Å². The van der Waals surface area contributed by atoms with Crippen LogP contribution in [0.5, 0.6) is 0 Å². The number of piperidine rings is 1. The zero-order chi connectivity index (χ0) is 28.2. The smallest absolute Gasteiger partial charge is 0.430 e. The number of fused-ring (bicyclic) bond motifs is 1. The lowest BCUT2D eigenvalue weighted by molar-refractivity contribution is -0.158. The Balaban J connectivity index is 2.15. The number of alkyl halides is 9. The number of rotatable bonds is 6. The lowest BCUT2D eigenvalue weighted by Gasteiger charge is -2.43. The Morgan fingerprint density at radius 3 is 1.54 bits per heavy atom. The first-order valence-electron chi connectivity index (χ1n) is 9.97. The number of halogens is 9. The van der Waals surface area contributed by atoms with Crippen LogP contribution in [-0.4, -0.2) is 103 Å². The molecule has 0 aromatic heterocycles. The maximum absolute atomic E-state index is 12.3. The summed E-state index contributed by atoms with van der Waals surface area (Å²) in [6.45, 7) is -1.75. The highest BCUT2D eigenvalue weighted by Gasteiger charge is 2.54. The van der Waals surface area contributed by atoms with Gasteiger partial charge in [0.05, 0.1) is 6.04 Å². The van der Waals surface area contributed by atoms with Crippen LogP contribution in [0, 0.1) is 0 Å². The lowest BCUT2D eigenvalue weighted by atomic mass is 9.92. The molecule has 11 nitrogen and oxygen atoms in total. The number of hydrogen-bond donors (Lipinski definition) is 1. The largest absolute Gasteiger partial charge is 0.508 e. The van der Waals surface area contributed by atoms with Crippen LogP contribution in [0.4, 0.5) is 14.4 Å². The minimum Gasteiger partial charge on any atom is -0.430 e. The molecule has 0 bridgehead atoms. The lowest BCUT2D eigenvalue weighted by Crippen LogP contribution is -2.64. The Kier molecular flexibility index (Phi) is 12.5. The van der Waals surface area contributed by atoms with Gasteiger partial charge < -0.3 is 33.5 Å². The fourth-order valence-corrected chi connectivity index (χ4v) is 3.98. The van der Waals surface area contributed by atoms with Crippen LogP contribution < -0.4 is 0 Å². The van der Waals surface area contributed by atoms with Crippen molar-refractivity contribution in [2.24, 2.45) is 0 Å². The molecule has 0 aliphatic carbocycles. The van der Waals surface area contributed by atoms with E-state index in [1.54, 1.807) is 4.90 Å². The van der Waals surface area contributed by atoms with Crippen molar-refractivity contribution in [2.75, 3.05) is 32.9 Å². The average molecular weight is 715 g/mol. The predicted molar refractivity (Wildman–Crippen MR) is 136 cm³/mol. The molecule has 2 saturated heterocycles. The summed E-state index contributed by atoms with van der Waals surface area (Å²) in [7, 11) is 0. The second-order valence-corrected chi connectivity index (χ2v) is 15.2. The van der Waals surface area contributed by atoms with Gasteiger partial charge in [0.1, 0.15) is 38.1 Å². The number of ether oxygens (including phenoxy) is 6.